The number of pyridine rings is 1. The fourth-order valence-electron chi connectivity index (χ4n) is 7.88. The summed E-state index contributed by atoms with van der Waals surface area (Å²) < 4.78 is 22.4. The van der Waals surface area contributed by atoms with E-state index in [0.717, 1.165) is 25.7 Å². The van der Waals surface area contributed by atoms with Crippen molar-refractivity contribution < 1.29 is 38.4 Å². The van der Waals surface area contributed by atoms with E-state index in [2.05, 4.69) is 23.6 Å². The molecule has 43 heavy (non-hydrogen) atoms. The molecule has 4 saturated carbocycles. The van der Waals surface area contributed by atoms with E-state index in [9.17, 15) is 24.6 Å². The highest BCUT2D eigenvalue weighted by Crippen LogP contribution is 2.64. The van der Waals surface area contributed by atoms with Gasteiger partial charge in [-0.15, -0.1) is 0 Å². The van der Waals surface area contributed by atoms with Crippen LogP contribution in [0.3, 0.4) is 0 Å². The quantitative estimate of drug-likeness (QED) is 0.493. The SMILES string of the molecule is CC1C(OC(=O)C2CC2)CCC2(C)C1C[C@H](O)C1(C)Oc3cc(-c4cccnc4)oc(=O)c3C(O)C21.COC(=O)C1CC1. The fourth-order valence-corrected chi connectivity index (χ4v) is 7.88. The van der Waals surface area contributed by atoms with Gasteiger partial charge in [0.15, 0.2) is 0 Å². The zero-order valence-electron chi connectivity index (χ0n) is 25.2. The summed E-state index contributed by atoms with van der Waals surface area (Å²) in [5.74, 6) is 0.104. The predicted octanol–water partition coefficient (Wildman–Crippen LogP) is 4.21. The fraction of sp³-hybridized carbons (Fsp3) is 0.636. The van der Waals surface area contributed by atoms with Crippen molar-refractivity contribution >= 4 is 11.9 Å². The van der Waals surface area contributed by atoms with E-state index in [1.807, 2.05) is 6.92 Å². The lowest BCUT2D eigenvalue weighted by molar-refractivity contribution is -0.244. The Morgan fingerprint density at radius 1 is 1.07 bits per heavy atom. The van der Waals surface area contributed by atoms with Crippen LogP contribution in [0.5, 0.6) is 5.75 Å². The van der Waals surface area contributed by atoms with Gasteiger partial charge in [-0.2, -0.15) is 0 Å². The molecular formula is C33H41NO9. The van der Waals surface area contributed by atoms with Crippen LogP contribution in [0, 0.1) is 35.0 Å². The van der Waals surface area contributed by atoms with Crippen molar-refractivity contribution in [2.75, 3.05) is 7.11 Å². The maximum absolute atomic E-state index is 13.2. The number of carbonyl (C=O) groups excluding carboxylic acids is 2. The zero-order chi connectivity index (χ0) is 30.7. The molecule has 8 atom stereocenters. The van der Waals surface area contributed by atoms with Crippen LogP contribution in [0.25, 0.3) is 11.3 Å². The highest BCUT2D eigenvalue weighted by atomic mass is 16.5. The minimum absolute atomic E-state index is 0.00335. The molecule has 4 aliphatic carbocycles. The summed E-state index contributed by atoms with van der Waals surface area (Å²) in [6.45, 7) is 6.02. The van der Waals surface area contributed by atoms with E-state index >= 15 is 0 Å². The van der Waals surface area contributed by atoms with Gasteiger partial charge in [0.1, 0.15) is 28.8 Å². The predicted molar refractivity (Wildman–Crippen MR) is 154 cm³/mol. The van der Waals surface area contributed by atoms with Crippen molar-refractivity contribution in [2.45, 2.75) is 89.6 Å². The Kier molecular flexibility index (Phi) is 7.65. The number of esters is 2. The standard InChI is InChI=1S/C28H33NO7.C5H8O2/c1-14-17-11-21(30)28(3)24(27(17,2)9-8-18(14)34-25(32)15-6-7-15)23(31)22-20(36-28)12-19(35-26(22)33)16-5-4-10-29-13-16;1-7-5(6)4-2-3-4/h4-5,10,12-15,17-18,21,23-24,30-31H,6-9,11H2,1-3H3;4H,2-3H2,1H3/t14?,17?,18?,21-,23?,24?,27?,28?;/m0./s1. The van der Waals surface area contributed by atoms with Gasteiger partial charge >= 0.3 is 17.6 Å². The largest absolute Gasteiger partial charge is 0.484 e. The summed E-state index contributed by atoms with van der Waals surface area (Å²) in [4.78, 5) is 40.0. The van der Waals surface area contributed by atoms with Crippen LogP contribution in [0.1, 0.15) is 77.4 Å². The number of fused-ring (bicyclic) bond motifs is 4. The van der Waals surface area contributed by atoms with E-state index in [-0.39, 0.29) is 53.0 Å². The minimum Gasteiger partial charge on any atom is -0.484 e. The summed E-state index contributed by atoms with van der Waals surface area (Å²) >= 11 is 0. The molecule has 3 heterocycles. The molecule has 232 valence electrons. The molecule has 7 unspecified atom stereocenters. The van der Waals surface area contributed by atoms with Crippen LogP contribution in [0.2, 0.25) is 0 Å². The zero-order valence-corrected chi connectivity index (χ0v) is 25.2. The number of hydrogen-bond acceptors (Lipinski definition) is 10. The first-order chi connectivity index (χ1) is 20.5. The van der Waals surface area contributed by atoms with Gasteiger partial charge in [-0.05, 0) is 81.3 Å². The van der Waals surface area contributed by atoms with Crippen LogP contribution < -0.4 is 10.4 Å². The van der Waals surface area contributed by atoms with Gasteiger partial charge in [0.05, 0.1) is 31.2 Å². The monoisotopic (exact) mass is 595 g/mol. The highest BCUT2D eigenvalue weighted by Gasteiger charge is 2.66. The summed E-state index contributed by atoms with van der Waals surface area (Å²) in [6.07, 6.45) is 6.64. The Morgan fingerprint density at radius 3 is 2.37 bits per heavy atom. The number of aliphatic hydroxyl groups is 2. The smallest absolute Gasteiger partial charge is 0.345 e. The molecule has 7 rings (SSSR count). The summed E-state index contributed by atoms with van der Waals surface area (Å²) in [5, 5.41) is 23.2. The lowest BCUT2D eigenvalue weighted by Gasteiger charge is -2.63. The van der Waals surface area contributed by atoms with Crippen molar-refractivity contribution in [1.29, 1.82) is 0 Å². The second-order valence-corrected chi connectivity index (χ2v) is 13.4. The number of carbonyl (C=O) groups is 2. The normalized spacial score (nSPS) is 36.0. The molecule has 0 saturated heterocycles. The van der Waals surface area contributed by atoms with Gasteiger partial charge < -0.3 is 28.8 Å². The van der Waals surface area contributed by atoms with Gasteiger partial charge in [-0.3, -0.25) is 14.6 Å². The first-order valence-electron chi connectivity index (χ1n) is 15.4. The van der Waals surface area contributed by atoms with E-state index in [1.54, 1.807) is 30.6 Å². The molecule has 2 N–H and O–H groups in total. The number of methoxy groups -OCH3 is 1. The number of hydrogen-bond donors (Lipinski definition) is 2. The first kappa shape index (κ1) is 29.8. The number of rotatable bonds is 4. The van der Waals surface area contributed by atoms with Crippen molar-refractivity contribution in [1.82, 2.24) is 4.98 Å². The second-order valence-electron chi connectivity index (χ2n) is 13.4. The molecule has 0 bridgehead atoms. The third-order valence-corrected chi connectivity index (χ3v) is 10.6. The Morgan fingerprint density at radius 2 is 1.77 bits per heavy atom. The Balaban J connectivity index is 0.000000415. The van der Waals surface area contributed by atoms with Crippen LogP contribution in [-0.2, 0) is 19.1 Å². The molecule has 10 heteroatoms. The molecule has 2 aromatic heterocycles. The molecule has 0 radical (unpaired) electrons. The molecule has 2 aromatic rings. The molecular weight excluding hydrogens is 554 g/mol. The molecule has 4 fully saturated rings. The van der Waals surface area contributed by atoms with Crippen LogP contribution in [0.15, 0.2) is 39.8 Å². The third-order valence-electron chi connectivity index (χ3n) is 10.6. The lowest BCUT2D eigenvalue weighted by atomic mass is 9.46. The van der Waals surface area contributed by atoms with E-state index in [0.29, 0.717) is 30.6 Å². The highest BCUT2D eigenvalue weighted by molar-refractivity contribution is 5.75. The summed E-state index contributed by atoms with van der Waals surface area (Å²) in [5.41, 5.74) is -1.49. The van der Waals surface area contributed by atoms with E-state index < -0.39 is 34.8 Å². The topological polar surface area (TPSA) is 145 Å². The summed E-state index contributed by atoms with van der Waals surface area (Å²) in [6, 6.07) is 5.13. The van der Waals surface area contributed by atoms with Gasteiger partial charge in [0.25, 0.3) is 0 Å². The number of ether oxygens (including phenoxy) is 3. The molecule has 10 nitrogen and oxygen atoms in total. The minimum atomic E-state index is -1.17. The van der Waals surface area contributed by atoms with Crippen molar-refractivity contribution in [2.24, 2.45) is 35.0 Å². The maximum Gasteiger partial charge on any atom is 0.345 e. The maximum atomic E-state index is 13.2. The van der Waals surface area contributed by atoms with Crippen molar-refractivity contribution in [3.05, 3.63) is 46.6 Å². The Bertz CT molecular complexity index is 1430. The molecule has 0 amide bonds. The molecule has 0 aromatic carbocycles. The Hall–Kier alpha value is -3.24. The Labute approximate surface area is 250 Å². The number of aliphatic hydroxyl groups excluding tert-OH is 2. The molecule has 5 aliphatic rings. The average Bonchev–Trinajstić information content (AvgIpc) is 3.89. The number of aromatic nitrogens is 1. The van der Waals surface area contributed by atoms with Crippen LogP contribution >= 0.6 is 0 Å². The van der Waals surface area contributed by atoms with Crippen molar-refractivity contribution in [3.63, 3.8) is 0 Å². The number of nitrogens with zero attached hydrogens (tertiary/aromatic N) is 1. The van der Waals surface area contributed by atoms with E-state index in [1.165, 1.54) is 7.11 Å². The van der Waals surface area contributed by atoms with Crippen molar-refractivity contribution in [3.8, 4) is 17.1 Å². The third kappa shape index (κ3) is 5.26. The van der Waals surface area contributed by atoms with Gasteiger partial charge in [0.2, 0.25) is 0 Å². The average molecular weight is 596 g/mol. The second kappa shape index (κ2) is 11.0. The van der Waals surface area contributed by atoms with Crippen LogP contribution in [0.4, 0.5) is 0 Å². The lowest BCUT2D eigenvalue weighted by Crippen LogP contribution is -2.68. The first-order valence-corrected chi connectivity index (χ1v) is 15.4. The summed E-state index contributed by atoms with van der Waals surface area (Å²) in [7, 11) is 1.43. The van der Waals surface area contributed by atoms with Gasteiger partial charge in [-0.1, -0.05) is 13.8 Å². The van der Waals surface area contributed by atoms with Gasteiger partial charge in [0, 0.05) is 29.9 Å². The van der Waals surface area contributed by atoms with E-state index in [4.69, 9.17) is 13.9 Å². The van der Waals surface area contributed by atoms with Crippen LogP contribution in [-0.4, -0.2) is 52.1 Å². The molecule has 0 spiro atoms. The molecule has 1 aliphatic heterocycles. The van der Waals surface area contributed by atoms with Gasteiger partial charge in [-0.25, -0.2) is 4.79 Å².